The third-order valence-electron chi connectivity index (χ3n) is 6.45. The van der Waals surface area contributed by atoms with Crippen LogP contribution in [0.1, 0.15) is 38.5 Å². The van der Waals surface area contributed by atoms with E-state index in [1.165, 1.54) is 23.0 Å². The highest BCUT2D eigenvalue weighted by molar-refractivity contribution is 8.01. The molecule has 1 fully saturated rings. The second-order valence-electron chi connectivity index (χ2n) is 9.00. The van der Waals surface area contributed by atoms with E-state index in [0.29, 0.717) is 13.1 Å². The molecule has 0 aromatic heterocycles. The smallest absolute Gasteiger partial charge is 0.243 e. The maximum atomic E-state index is 12.2. The van der Waals surface area contributed by atoms with Gasteiger partial charge in [0.2, 0.25) is 17.7 Å². The highest BCUT2D eigenvalue weighted by atomic mass is 32.2. The van der Waals surface area contributed by atoms with E-state index in [0.717, 1.165) is 24.3 Å². The van der Waals surface area contributed by atoms with Crippen LogP contribution < -0.4 is 20.9 Å². The molecule has 41 heavy (non-hydrogen) atoms. The Bertz CT molecular complexity index is 1290. The Morgan fingerprint density at radius 1 is 1.20 bits per heavy atom. The van der Waals surface area contributed by atoms with Crippen LogP contribution in [0, 0.1) is 29.6 Å². The number of hydrogen-bond acceptors (Lipinski definition) is 7. The van der Waals surface area contributed by atoms with Gasteiger partial charge in [-0.15, -0.1) is 18.2 Å². The van der Waals surface area contributed by atoms with Gasteiger partial charge >= 0.3 is 0 Å². The minimum Gasteiger partial charge on any atom is -0.388 e. The number of carbonyl (C=O) groups is 3. The molecule has 2 unspecified atom stereocenters. The van der Waals surface area contributed by atoms with Crippen molar-refractivity contribution in [2.45, 2.75) is 45.7 Å². The lowest BCUT2D eigenvalue weighted by Crippen LogP contribution is -2.43. The fraction of sp³-hybridized carbons (Fsp3) is 0.419. The van der Waals surface area contributed by atoms with Crippen molar-refractivity contribution in [1.29, 1.82) is 5.26 Å². The van der Waals surface area contributed by atoms with Crippen LogP contribution in [0.3, 0.4) is 0 Å². The fourth-order valence-electron chi connectivity index (χ4n) is 4.49. The van der Waals surface area contributed by atoms with E-state index in [4.69, 9.17) is 11.7 Å². The van der Waals surface area contributed by atoms with Gasteiger partial charge in [0.05, 0.1) is 24.4 Å². The number of nitrogens with one attached hydrogen (secondary N) is 3. The van der Waals surface area contributed by atoms with Crippen LogP contribution in [0.4, 0.5) is 17.1 Å². The molecule has 3 N–H and O–H groups in total. The standard InChI is InChI=1S/C17H19N3O.C12H15N3O2S.2CH4.3H2/c1-18-14-6-4-7-15(11-14)19-17(21)12-20-10-9-13-5-2-3-8-16(13)20;1-4-6-14-10(16)9(7-13)12-15(5-2)11(17)8(3)18-12;;;;;/h2-8,11,18H,9-10,12H2,1H3,(H,19,21);1,8-9,12H,5-6H2,2-3H3,(H,14,16);2*1H4;3*1H/t;8?,9?,12-;;;;;/m.0...../s1. The number of benzene rings is 2. The molecule has 0 aliphatic carbocycles. The molecule has 2 heterocycles. The lowest BCUT2D eigenvalue weighted by Gasteiger charge is -2.24. The molecule has 226 valence electrons. The van der Waals surface area contributed by atoms with Crippen LogP contribution >= 0.6 is 11.8 Å². The minimum absolute atomic E-state index is 0. The summed E-state index contributed by atoms with van der Waals surface area (Å²) in [4.78, 5) is 39.6. The van der Waals surface area contributed by atoms with Gasteiger partial charge in [-0.3, -0.25) is 14.4 Å². The summed E-state index contributed by atoms with van der Waals surface area (Å²) in [7, 11) is 1.86. The number of nitrogens with zero attached hydrogens (tertiary/aromatic N) is 3. The fourth-order valence-corrected chi connectivity index (χ4v) is 5.90. The molecule has 2 aliphatic heterocycles. The van der Waals surface area contributed by atoms with Gasteiger partial charge in [-0.05, 0) is 50.1 Å². The SMILES string of the molecule is C.C.C#CCNC(=O)C(C#N)[C@@H]1SC(C)C(=O)N1CC.CNc1cccc(NC(=O)CN2CCc3ccccc32)c1.[HH].[HH].[HH]. The molecule has 2 aliphatic rings. The van der Waals surface area contributed by atoms with Gasteiger partial charge in [-0.25, -0.2) is 0 Å². The van der Waals surface area contributed by atoms with Gasteiger partial charge in [0.25, 0.3) is 0 Å². The molecule has 0 radical (unpaired) electrons. The lowest BCUT2D eigenvalue weighted by atomic mass is 10.1. The number of amides is 3. The average molecular weight is 585 g/mol. The summed E-state index contributed by atoms with van der Waals surface area (Å²) in [5.74, 6) is 0.952. The first kappa shape index (κ1) is 34.9. The largest absolute Gasteiger partial charge is 0.388 e. The van der Waals surface area contributed by atoms with Crippen LogP contribution in [0.25, 0.3) is 0 Å². The van der Waals surface area contributed by atoms with Crippen molar-refractivity contribution < 1.29 is 18.7 Å². The summed E-state index contributed by atoms with van der Waals surface area (Å²) in [6.45, 7) is 5.48. The van der Waals surface area contributed by atoms with Crippen molar-refractivity contribution in [3.8, 4) is 18.4 Å². The zero-order valence-corrected chi connectivity index (χ0v) is 23.3. The highest BCUT2D eigenvalue weighted by Crippen LogP contribution is 2.35. The maximum absolute atomic E-state index is 12.2. The van der Waals surface area contributed by atoms with E-state index in [9.17, 15) is 14.4 Å². The maximum Gasteiger partial charge on any atom is 0.243 e. The second kappa shape index (κ2) is 16.8. The molecule has 1 saturated heterocycles. The first-order chi connectivity index (χ1) is 18.8. The first-order valence-corrected chi connectivity index (χ1v) is 13.7. The molecule has 0 spiro atoms. The van der Waals surface area contributed by atoms with Crippen molar-refractivity contribution in [3.63, 3.8) is 0 Å². The first-order valence-electron chi connectivity index (χ1n) is 12.8. The lowest BCUT2D eigenvalue weighted by molar-refractivity contribution is -0.131. The second-order valence-corrected chi connectivity index (χ2v) is 10.5. The molecule has 2 aromatic carbocycles. The molecule has 4 rings (SSSR count). The number of anilines is 3. The summed E-state index contributed by atoms with van der Waals surface area (Å²) in [6, 6.07) is 18.0. The zero-order valence-electron chi connectivity index (χ0n) is 22.4. The predicted molar refractivity (Wildman–Crippen MR) is 176 cm³/mol. The number of rotatable bonds is 8. The number of thioether (sulfide) groups is 1. The summed E-state index contributed by atoms with van der Waals surface area (Å²) >= 11 is 1.34. The average Bonchev–Trinajstić information content (AvgIpc) is 3.47. The number of fused-ring (bicyclic) bond motifs is 1. The number of para-hydroxylation sites is 1. The summed E-state index contributed by atoms with van der Waals surface area (Å²) in [6.07, 6.45) is 6.06. The van der Waals surface area contributed by atoms with Gasteiger partial charge in [0, 0.05) is 41.5 Å². The van der Waals surface area contributed by atoms with Crippen LogP contribution in [-0.4, -0.2) is 66.5 Å². The molecule has 9 nitrogen and oxygen atoms in total. The van der Waals surface area contributed by atoms with Gasteiger partial charge < -0.3 is 25.8 Å². The van der Waals surface area contributed by atoms with Crippen molar-refractivity contribution in [2.24, 2.45) is 5.92 Å². The van der Waals surface area contributed by atoms with E-state index in [1.807, 2.05) is 56.4 Å². The van der Waals surface area contributed by atoms with Crippen molar-refractivity contribution >= 4 is 46.5 Å². The third kappa shape index (κ3) is 8.92. The van der Waals surface area contributed by atoms with Crippen molar-refractivity contribution in [1.82, 2.24) is 10.2 Å². The quantitative estimate of drug-likeness (QED) is 0.377. The van der Waals surface area contributed by atoms with E-state index >= 15 is 0 Å². The van der Waals surface area contributed by atoms with E-state index in [1.54, 1.807) is 11.8 Å². The van der Waals surface area contributed by atoms with E-state index in [-0.39, 0.29) is 42.7 Å². The highest BCUT2D eigenvalue weighted by Gasteiger charge is 2.43. The van der Waals surface area contributed by atoms with Gasteiger partial charge in [-0.1, -0.05) is 45.0 Å². The molecule has 0 saturated carbocycles. The molecule has 3 amide bonds. The van der Waals surface area contributed by atoms with Gasteiger partial charge in [-0.2, -0.15) is 5.26 Å². The van der Waals surface area contributed by atoms with Crippen molar-refractivity contribution in [3.05, 3.63) is 54.1 Å². The summed E-state index contributed by atoms with van der Waals surface area (Å²) < 4.78 is 0. The Morgan fingerprint density at radius 2 is 1.90 bits per heavy atom. The predicted octanol–water partition coefficient (Wildman–Crippen LogP) is 4.93. The van der Waals surface area contributed by atoms with Crippen LogP contribution in [0.2, 0.25) is 0 Å². The van der Waals surface area contributed by atoms with Gasteiger partial charge in [0.1, 0.15) is 5.37 Å². The Hall–Kier alpha value is -4.15. The van der Waals surface area contributed by atoms with Gasteiger partial charge in [0.15, 0.2) is 5.92 Å². The topological polar surface area (TPSA) is 118 Å². The molecular formula is C31H48N6O3S. The Labute approximate surface area is 253 Å². The molecule has 10 heteroatoms. The normalized spacial score (nSPS) is 17.2. The number of nitriles is 1. The van der Waals surface area contributed by atoms with E-state index in [2.05, 4.69) is 38.9 Å². The number of carbonyl (C=O) groups excluding carboxylic acids is 3. The van der Waals surface area contributed by atoms with Crippen LogP contribution in [-0.2, 0) is 20.8 Å². The summed E-state index contributed by atoms with van der Waals surface area (Å²) in [5, 5.41) is 17.0. The zero-order chi connectivity index (χ0) is 28.4. The van der Waals surface area contributed by atoms with E-state index < -0.39 is 17.2 Å². The molecule has 0 bridgehead atoms. The van der Waals surface area contributed by atoms with Crippen LogP contribution in [0.15, 0.2) is 48.5 Å². The molecule has 2 aromatic rings. The van der Waals surface area contributed by atoms with Crippen molar-refractivity contribution in [2.75, 3.05) is 48.8 Å². The number of terminal acetylenes is 1. The summed E-state index contributed by atoms with van der Waals surface area (Å²) in [5.41, 5.74) is 4.30. The third-order valence-corrected chi connectivity index (χ3v) is 7.86. The number of hydrogen-bond donors (Lipinski definition) is 3. The Kier molecular flexibility index (Phi) is 14.3. The Balaban J connectivity index is -0.000000694. The molecule has 3 atom stereocenters. The monoisotopic (exact) mass is 584 g/mol. The molecular weight excluding hydrogens is 536 g/mol. The van der Waals surface area contributed by atoms with Crippen LogP contribution in [0.5, 0.6) is 0 Å². The minimum atomic E-state index is -0.891. The Morgan fingerprint density at radius 3 is 2.56 bits per heavy atom.